The normalized spacial score (nSPS) is 16.0. The fraction of sp³-hybridized carbons (Fsp3) is 1.00. The lowest BCUT2D eigenvalue weighted by atomic mass is 10.00. The van der Waals surface area contributed by atoms with E-state index in [0.717, 1.165) is 44.9 Å². The standard InChI is InChI=1S/C18H39NO6/c19-15(14-20)17(22)16(21)12-10-8-6-4-2-1-3-5-7-9-11-13-18(23,24)25/h15-17,20-25H,1-14,19H2/t15-,16+,17-/m0/s1. The van der Waals surface area contributed by atoms with E-state index in [0.29, 0.717) is 12.8 Å². The van der Waals surface area contributed by atoms with Crippen LogP contribution in [0.3, 0.4) is 0 Å². The SMILES string of the molecule is N[C@@H](CO)[C@H](O)[C@H](O)CCCCCCCCCCCCCC(O)(O)O. The number of aliphatic hydroxyl groups excluding tert-OH is 3. The molecular formula is C18H39NO6. The fourth-order valence-electron chi connectivity index (χ4n) is 2.87. The Morgan fingerprint density at radius 1 is 0.680 bits per heavy atom. The zero-order valence-electron chi connectivity index (χ0n) is 15.4. The number of hydrogen-bond donors (Lipinski definition) is 7. The van der Waals surface area contributed by atoms with Crippen LogP contribution >= 0.6 is 0 Å². The van der Waals surface area contributed by atoms with Gasteiger partial charge >= 0.3 is 0 Å². The van der Waals surface area contributed by atoms with Crippen LogP contribution in [-0.4, -0.2) is 61.5 Å². The lowest BCUT2D eigenvalue weighted by molar-refractivity contribution is -0.315. The molecule has 8 N–H and O–H groups in total. The molecule has 0 aromatic rings. The molecule has 0 heterocycles. The Labute approximate surface area is 151 Å². The molecule has 0 saturated heterocycles. The molecule has 0 aromatic heterocycles. The Balaban J connectivity index is 3.29. The smallest absolute Gasteiger partial charge is 0.275 e. The molecule has 0 aliphatic carbocycles. The second-order valence-corrected chi connectivity index (χ2v) is 7.11. The molecule has 0 aliphatic rings. The predicted octanol–water partition coefficient (Wildman–Crippen LogP) is 0.730. The van der Waals surface area contributed by atoms with Gasteiger partial charge in [-0.15, -0.1) is 0 Å². The first kappa shape index (κ1) is 24.7. The van der Waals surface area contributed by atoms with E-state index in [9.17, 15) is 10.2 Å². The van der Waals surface area contributed by atoms with E-state index in [1.165, 1.54) is 19.3 Å². The largest absolute Gasteiger partial charge is 0.395 e. The van der Waals surface area contributed by atoms with Gasteiger partial charge in [-0.1, -0.05) is 64.2 Å². The summed E-state index contributed by atoms with van der Waals surface area (Å²) in [6, 6.07) is -0.784. The van der Waals surface area contributed by atoms with Gasteiger partial charge in [-0.3, -0.25) is 0 Å². The number of unbranched alkanes of at least 4 members (excludes halogenated alkanes) is 10. The van der Waals surface area contributed by atoms with Gasteiger partial charge in [0, 0.05) is 6.42 Å². The molecule has 0 rings (SSSR count). The zero-order chi connectivity index (χ0) is 19.1. The van der Waals surface area contributed by atoms with E-state index in [2.05, 4.69) is 0 Å². The zero-order valence-corrected chi connectivity index (χ0v) is 15.4. The van der Waals surface area contributed by atoms with Crippen molar-refractivity contribution in [2.24, 2.45) is 5.73 Å². The molecule has 0 saturated carbocycles. The van der Waals surface area contributed by atoms with Crippen molar-refractivity contribution < 1.29 is 30.6 Å². The monoisotopic (exact) mass is 365 g/mol. The van der Waals surface area contributed by atoms with Crippen LogP contribution in [0.4, 0.5) is 0 Å². The Bertz CT molecular complexity index is 298. The minimum atomic E-state index is -2.51. The van der Waals surface area contributed by atoms with Crippen molar-refractivity contribution in [2.75, 3.05) is 6.61 Å². The fourth-order valence-corrected chi connectivity index (χ4v) is 2.87. The quantitative estimate of drug-likeness (QED) is 0.148. The van der Waals surface area contributed by atoms with Crippen molar-refractivity contribution in [2.45, 2.75) is 108 Å². The van der Waals surface area contributed by atoms with Crippen molar-refractivity contribution in [1.29, 1.82) is 0 Å². The van der Waals surface area contributed by atoms with Crippen LogP contribution in [0.25, 0.3) is 0 Å². The van der Waals surface area contributed by atoms with E-state index in [1.807, 2.05) is 0 Å². The molecule has 3 atom stereocenters. The summed E-state index contributed by atoms with van der Waals surface area (Å²) in [7, 11) is 0. The highest BCUT2D eigenvalue weighted by molar-refractivity contribution is 4.77. The van der Waals surface area contributed by atoms with Gasteiger partial charge in [0.15, 0.2) is 0 Å². The van der Waals surface area contributed by atoms with E-state index >= 15 is 0 Å². The van der Waals surface area contributed by atoms with Crippen LogP contribution in [0.2, 0.25) is 0 Å². The minimum Gasteiger partial charge on any atom is -0.395 e. The van der Waals surface area contributed by atoms with Crippen molar-refractivity contribution in [3.05, 3.63) is 0 Å². The first-order valence-electron chi connectivity index (χ1n) is 9.67. The molecule has 7 heteroatoms. The van der Waals surface area contributed by atoms with Crippen molar-refractivity contribution >= 4 is 0 Å². The molecule has 25 heavy (non-hydrogen) atoms. The molecule has 0 aromatic carbocycles. The maximum atomic E-state index is 9.74. The Kier molecular flexibility index (Phi) is 14.7. The van der Waals surface area contributed by atoms with Crippen LogP contribution in [0.1, 0.15) is 83.5 Å². The molecule has 0 amide bonds. The maximum Gasteiger partial charge on any atom is 0.275 e. The third kappa shape index (κ3) is 15.7. The highest BCUT2D eigenvalue weighted by Crippen LogP contribution is 2.15. The molecule has 0 spiro atoms. The third-order valence-electron chi connectivity index (χ3n) is 4.56. The highest BCUT2D eigenvalue weighted by atomic mass is 16.7. The average molecular weight is 366 g/mol. The number of rotatable bonds is 17. The Hall–Kier alpha value is -0.280. The van der Waals surface area contributed by atoms with E-state index in [1.54, 1.807) is 0 Å². The van der Waals surface area contributed by atoms with Crippen LogP contribution < -0.4 is 5.73 Å². The van der Waals surface area contributed by atoms with Gasteiger partial charge in [-0.05, 0) is 12.8 Å². The van der Waals surface area contributed by atoms with E-state index < -0.39 is 24.2 Å². The Morgan fingerprint density at radius 3 is 1.48 bits per heavy atom. The maximum absolute atomic E-state index is 9.74. The van der Waals surface area contributed by atoms with Gasteiger partial charge in [0.2, 0.25) is 0 Å². The molecule has 0 fully saturated rings. The second kappa shape index (κ2) is 14.8. The van der Waals surface area contributed by atoms with Gasteiger partial charge in [-0.25, -0.2) is 0 Å². The topological polar surface area (TPSA) is 147 Å². The third-order valence-corrected chi connectivity index (χ3v) is 4.56. The molecule has 0 bridgehead atoms. The molecular weight excluding hydrogens is 326 g/mol. The molecule has 152 valence electrons. The van der Waals surface area contributed by atoms with Gasteiger partial charge in [0.25, 0.3) is 5.97 Å². The summed E-state index contributed by atoms with van der Waals surface area (Å²) in [5, 5.41) is 54.4. The Morgan fingerprint density at radius 2 is 1.08 bits per heavy atom. The van der Waals surface area contributed by atoms with Crippen LogP contribution in [0.5, 0.6) is 0 Å². The highest BCUT2D eigenvalue weighted by Gasteiger charge is 2.22. The van der Waals surface area contributed by atoms with Crippen molar-refractivity contribution in [1.82, 2.24) is 0 Å². The lowest BCUT2D eigenvalue weighted by Crippen LogP contribution is -2.45. The summed E-state index contributed by atoms with van der Waals surface area (Å²) in [6.45, 7) is -0.330. The van der Waals surface area contributed by atoms with Gasteiger partial charge in [-0.2, -0.15) is 0 Å². The first-order chi connectivity index (χ1) is 11.8. The summed E-state index contributed by atoms with van der Waals surface area (Å²) in [5.41, 5.74) is 5.48. The molecule has 7 nitrogen and oxygen atoms in total. The van der Waals surface area contributed by atoms with Crippen LogP contribution in [-0.2, 0) is 0 Å². The van der Waals surface area contributed by atoms with Crippen molar-refractivity contribution in [3.63, 3.8) is 0 Å². The van der Waals surface area contributed by atoms with Gasteiger partial charge in [0.1, 0.15) is 0 Å². The summed E-state index contributed by atoms with van der Waals surface area (Å²) < 4.78 is 0. The number of aliphatic hydroxyl groups is 6. The van der Waals surface area contributed by atoms with E-state index in [4.69, 9.17) is 26.2 Å². The van der Waals surface area contributed by atoms with Gasteiger partial charge < -0.3 is 36.4 Å². The molecule has 0 radical (unpaired) electrons. The summed E-state index contributed by atoms with van der Waals surface area (Å²) in [6.07, 6.45) is 9.97. The van der Waals surface area contributed by atoms with Crippen LogP contribution in [0, 0.1) is 0 Å². The summed E-state index contributed by atoms with van der Waals surface area (Å²) >= 11 is 0. The first-order valence-corrected chi connectivity index (χ1v) is 9.67. The molecule has 0 aliphatic heterocycles. The summed E-state index contributed by atoms with van der Waals surface area (Å²) in [5.74, 6) is -2.51. The lowest BCUT2D eigenvalue weighted by Gasteiger charge is -2.22. The van der Waals surface area contributed by atoms with E-state index in [-0.39, 0.29) is 13.0 Å². The number of hydrogen-bond acceptors (Lipinski definition) is 7. The average Bonchev–Trinajstić information content (AvgIpc) is 2.56. The van der Waals surface area contributed by atoms with Crippen molar-refractivity contribution in [3.8, 4) is 0 Å². The predicted molar refractivity (Wildman–Crippen MR) is 96.5 cm³/mol. The van der Waals surface area contributed by atoms with Crippen LogP contribution in [0.15, 0.2) is 0 Å². The summed E-state index contributed by atoms with van der Waals surface area (Å²) in [4.78, 5) is 0. The minimum absolute atomic E-state index is 0.00462. The number of nitrogens with two attached hydrogens (primary N) is 1. The van der Waals surface area contributed by atoms with Gasteiger partial charge in [0.05, 0.1) is 24.9 Å². The molecule has 0 unspecified atom stereocenters. The second-order valence-electron chi connectivity index (χ2n) is 7.11.